The summed E-state index contributed by atoms with van der Waals surface area (Å²) >= 11 is 0. The van der Waals surface area contributed by atoms with Crippen LogP contribution in [0.4, 0.5) is 5.69 Å². The van der Waals surface area contributed by atoms with Crippen LogP contribution in [0.15, 0.2) is 18.2 Å². The normalized spacial score (nSPS) is 19.7. The summed E-state index contributed by atoms with van der Waals surface area (Å²) in [4.78, 5) is 24.8. The SMILES string of the molecule is CCCCCNC(=O)C1CCC(C(=O)Nc2cc(C)ccc2OC)CC1. The fourth-order valence-corrected chi connectivity index (χ4v) is 3.50. The van der Waals surface area contributed by atoms with Gasteiger partial charge in [-0.3, -0.25) is 9.59 Å². The molecule has 0 radical (unpaired) electrons. The van der Waals surface area contributed by atoms with E-state index in [1.807, 2.05) is 25.1 Å². The van der Waals surface area contributed by atoms with Gasteiger partial charge in [0.25, 0.3) is 0 Å². The predicted molar refractivity (Wildman–Crippen MR) is 104 cm³/mol. The first-order valence-electron chi connectivity index (χ1n) is 9.78. The smallest absolute Gasteiger partial charge is 0.227 e. The van der Waals surface area contributed by atoms with E-state index >= 15 is 0 Å². The summed E-state index contributed by atoms with van der Waals surface area (Å²) in [5.41, 5.74) is 1.79. The Kier molecular flexibility index (Phi) is 7.95. The van der Waals surface area contributed by atoms with Gasteiger partial charge in [0.2, 0.25) is 11.8 Å². The fraction of sp³-hybridized carbons (Fsp3) is 0.619. The Morgan fingerprint density at radius 3 is 2.35 bits per heavy atom. The molecule has 1 aliphatic rings. The minimum atomic E-state index is -0.0376. The van der Waals surface area contributed by atoms with Gasteiger partial charge in [-0.25, -0.2) is 0 Å². The highest BCUT2D eigenvalue weighted by Crippen LogP contribution is 2.31. The third-order valence-electron chi connectivity index (χ3n) is 5.16. The summed E-state index contributed by atoms with van der Waals surface area (Å²) in [5, 5.41) is 6.04. The van der Waals surface area contributed by atoms with Crippen molar-refractivity contribution >= 4 is 17.5 Å². The third-order valence-corrected chi connectivity index (χ3v) is 5.16. The van der Waals surface area contributed by atoms with Crippen molar-refractivity contribution in [3.63, 3.8) is 0 Å². The minimum Gasteiger partial charge on any atom is -0.495 e. The Morgan fingerprint density at radius 2 is 1.73 bits per heavy atom. The lowest BCUT2D eigenvalue weighted by atomic mass is 9.81. The monoisotopic (exact) mass is 360 g/mol. The zero-order chi connectivity index (χ0) is 18.9. The lowest BCUT2D eigenvalue weighted by Gasteiger charge is -2.27. The third kappa shape index (κ3) is 5.75. The first-order chi connectivity index (χ1) is 12.5. The summed E-state index contributed by atoms with van der Waals surface area (Å²) < 4.78 is 5.32. The van der Waals surface area contributed by atoms with Crippen LogP contribution in [0.1, 0.15) is 57.4 Å². The van der Waals surface area contributed by atoms with Crippen LogP contribution < -0.4 is 15.4 Å². The van der Waals surface area contributed by atoms with Crippen molar-refractivity contribution in [2.24, 2.45) is 11.8 Å². The summed E-state index contributed by atoms with van der Waals surface area (Å²) in [7, 11) is 1.60. The van der Waals surface area contributed by atoms with Crippen LogP contribution in [0.3, 0.4) is 0 Å². The van der Waals surface area contributed by atoms with E-state index in [1.165, 1.54) is 0 Å². The highest BCUT2D eigenvalue weighted by atomic mass is 16.5. The molecule has 5 nitrogen and oxygen atoms in total. The number of amides is 2. The van der Waals surface area contributed by atoms with E-state index in [4.69, 9.17) is 4.74 Å². The molecule has 1 fully saturated rings. The van der Waals surface area contributed by atoms with E-state index in [9.17, 15) is 9.59 Å². The molecule has 144 valence electrons. The predicted octanol–water partition coefficient (Wildman–Crippen LogP) is 4.05. The fourth-order valence-electron chi connectivity index (χ4n) is 3.50. The first-order valence-corrected chi connectivity index (χ1v) is 9.78. The number of aryl methyl sites for hydroxylation is 1. The number of rotatable bonds is 8. The topological polar surface area (TPSA) is 67.4 Å². The number of benzene rings is 1. The number of carbonyl (C=O) groups excluding carboxylic acids is 2. The molecule has 2 N–H and O–H groups in total. The molecule has 1 aliphatic carbocycles. The first kappa shape index (κ1) is 20.3. The van der Waals surface area contributed by atoms with Crippen LogP contribution in [-0.4, -0.2) is 25.5 Å². The van der Waals surface area contributed by atoms with Gasteiger partial charge in [0.1, 0.15) is 5.75 Å². The van der Waals surface area contributed by atoms with Crippen molar-refractivity contribution < 1.29 is 14.3 Å². The minimum absolute atomic E-state index is 0.0238. The molecule has 0 aliphatic heterocycles. The van der Waals surface area contributed by atoms with Crippen molar-refractivity contribution in [3.05, 3.63) is 23.8 Å². The van der Waals surface area contributed by atoms with Gasteiger partial charge in [0, 0.05) is 18.4 Å². The Morgan fingerprint density at radius 1 is 1.08 bits per heavy atom. The van der Waals surface area contributed by atoms with Gasteiger partial charge < -0.3 is 15.4 Å². The van der Waals surface area contributed by atoms with Crippen molar-refractivity contribution in [2.75, 3.05) is 19.0 Å². The molecule has 5 heteroatoms. The van der Waals surface area contributed by atoms with Crippen molar-refractivity contribution in [1.82, 2.24) is 5.32 Å². The van der Waals surface area contributed by atoms with Gasteiger partial charge in [0.05, 0.1) is 12.8 Å². The Labute approximate surface area is 156 Å². The standard InChI is InChI=1S/C21H32N2O3/c1-4-5-6-13-22-20(24)16-8-10-17(11-9-16)21(25)23-18-14-15(2)7-12-19(18)26-3/h7,12,14,16-17H,4-6,8-11,13H2,1-3H3,(H,22,24)(H,23,25). The van der Waals surface area contributed by atoms with Crippen LogP contribution >= 0.6 is 0 Å². The molecule has 1 saturated carbocycles. The average Bonchev–Trinajstić information content (AvgIpc) is 2.65. The zero-order valence-electron chi connectivity index (χ0n) is 16.3. The van der Waals surface area contributed by atoms with E-state index < -0.39 is 0 Å². The van der Waals surface area contributed by atoms with Gasteiger partial charge in [0.15, 0.2) is 0 Å². The molecule has 0 saturated heterocycles. The summed E-state index contributed by atoms with van der Waals surface area (Å²) in [6.45, 7) is 4.90. The Bertz CT molecular complexity index is 607. The summed E-state index contributed by atoms with van der Waals surface area (Å²) in [5.74, 6) is 0.860. The molecule has 0 atom stereocenters. The van der Waals surface area contributed by atoms with Crippen LogP contribution in [0.2, 0.25) is 0 Å². The van der Waals surface area contributed by atoms with E-state index in [0.717, 1.165) is 57.1 Å². The highest BCUT2D eigenvalue weighted by molar-refractivity contribution is 5.94. The second-order valence-corrected chi connectivity index (χ2v) is 7.24. The zero-order valence-corrected chi connectivity index (χ0v) is 16.3. The highest BCUT2D eigenvalue weighted by Gasteiger charge is 2.30. The molecule has 0 unspecified atom stereocenters. The van der Waals surface area contributed by atoms with E-state index in [1.54, 1.807) is 7.11 Å². The number of methoxy groups -OCH3 is 1. The van der Waals surface area contributed by atoms with Crippen molar-refractivity contribution in [3.8, 4) is 5.75 Å². The number of nitrogens with one attached hydrogen (secondary N) is 2. The van der Waals surface area contributed by atoms with Gasteiger partial charge in [-0.05, 0) is 56.7 Å². The maximum absolute atomic E-state index is 12.6. The quantitative estimate of drug-likeness (QED) is 0.687. The molecule has 2 rings (SSSR count). The second kappa shape index (κ2) is 10.2. The van der Waals surface area contributed by atoms with E-state index in [2.05, 4.69) is 17.6 Å². The van der Waals surface area contributed by atoms with Crippen LogP contribution in [0.25, 0.3) is 0 Å². The Balaban J connectivity index is 1.81. The van der Waals surface area contributed by atoms with E-state index in [0.29, 0.717) is 11.4 Å². The second-order valence-electron chi connectivity index (χ2n) is 7.24. The average molecular weight is 360 g/mol. The number of ether oxygens (including phenoxy) is 1. The summed E-state index contributed by atoms with van der Waals surface area (Å²) in [6, 6.07) is 5.75. The molecular formula is C21H32N2O3. The van der Waals surface area contributed by atoms with Crippen LogP contribution in [0.5, 0.6) is 5.75 Å². The molecular weight excluding hydrogens is 328 g/mol. The van der Waals surface area contributed by atoms with Crippen LogP contribution in [-0.2, 0) is 9.59 Å². The molecule has 0 bridgehead atoms. The molecule has 0 heterocycles. The molecule has 1 aromatic carbocycles. The summed E-state index contributed by atoms with van der Waals surface area (Å²) in [6.07, 6.45) is 6.42. The largest absolute Gasteiger partial charge is 0.495 e. The Hall–Kier alpha value is -2.04. The maximum Gasteiger partial charge on any atom is 0.227 e. The number of hydrogen-bond donors (Lipinski definition) is 2. The number of anilines is 1. The van der Waals surface area contributed by atoms with Gasteiger partial charge >= 0.3 is 0 Å². The molecule has 0 spiro atoms. The maximum atomic E-state index is 12.6. The van der Waals surface area contributed by atoms with Gasteiger partial charge in [-0.15, -0.1) is 0 Å². The number of carbonyl (C=O) groups is 2. The van der Waals surface area contributed by atoms with E-state index in [-0.39, 0.29) is 23.7 Å². The van der Waals surface area contributed by atoms with Gasteiger partial charge in [-0.2, -0.15) is 0 Å². The van der Waals surface area contributed by atoms with Crippen molar-refractivity contribution in [2.45, 2.75) is 58.8 Å². The number of hydrogen-bond acceptors (Lipinski definition) is 3. The number of unbranched alkanes of at least 4 members (excludes halogenated alkanes) is 2. The van der Waals surface area contributed by atoms with Crippen LogP contribution in [0, 0.1) is 18.8 Å². The lowest BCUT2D eigenvalue weighted by Crippen LogP contribution is -2.36. The lowest BCUT2D eigenvalue weighted by molar-refractivity contribution is -0.128. The van der Waals surface area contributed by atoms with Gasteiger partial charge in [-0.1, -0.05) is 25.8 Å². The molecule has 0 aromatic heterocycles. The molecule has 1 aromatic rings. The van der Waals surface area contributed by atoms with Crippen molar-refractivity contribution in [1.29, 1.82) is 0 Å². The molecule has 2 amide bonds. The molecule has 26 heavy (non-hydrogen) atoms.